The van der Waals surface area contributed by atoms with Gasteiger partial charge in [-0.3, -0.25) is 0 Å². The number of aliphatic hydroxyl groups is 1. The number of rotatable bonds is 4. The average molecular weight is 266 g/mol. The molecule has 1 aromatic carbocycles. The van der Waals surface area contributed by atoms with E-state index in [1.165, 1.54) is 0 Å². The van der Waals surface area contributed by atoms with Crippen LogP contribution < -0.4 is 15.4 Å². The van der Waals surface area contributed by atoms with Gasteiger partial charge in [0.1, 0.15) is 12.4 Å². The minimum absolute atomic E-state index is 0.279. The number of para-hydroxylation sites is 1. The Morgan fingerprint density at radius 1 is 1.42 bits per heavy atom. The fourth-order valence-corrected chi connectivity index (χ4v) is 1.77. The van der Waals surface area contributed by atoms with Crippen molar-refractivity contribution in [3.05, 3.63) is 29.8 Å². The molecule has 0 radical (unpaired) electrons. The van der Waals surface area contributed by atoms with E-state index < -0.39 is 18.1 Å². The second kappa shape index (κ2) is 5.57. The molecule has 1 aromatic rings. The molecule has 102 valence electrons. The standard InChI is InChI=1S/C12H14N2O5/c15-9(11(16)17)5-13-12(18)14-8-6-19-10-4-2-1-3-7(8)10/h1-4,8-9,15H,5-6H2,(H,16,17)(H2,13,14,18). The molecule has 0 saturated carbocycles. The number of hydrogen-bond donors (Lipinski definition) is 4. The maximum atomic E-state index is 11.6. The van der Waals surface area contributed by atoms with Crippen LogP contribution in [0.4, 0.5) is 4.79 Å². The van der Waals surface area contributed by atoms with Gasteiger partial charge in [-0.15, -0.1) is 0 Å². The second-order valence-electron chi connectivity index (χ2n) is 4.11. The molecule has 2 atom stereocenters. The van der Waals surface area contributed by atoms with E-state index >= 15 is 0 Å². The zero-order valence-corrected chi connectivity index (χ0v) is 10.00. The molecule has 1 aliphatic rings. The number of hydrogen-bond acceptors (Lipinski definition) is 4. The van der Waals surface area contributed by atoms with Crippen LogP contribution in [0.1, 0.15) is 11.6 Å². The summed E-state index contributed by atoms with van der Waals surface area (Å²) >= 11 is 0. The topological polar surface area (TPSA) is 108 Å². The number of nitrogens with one attached hydrogen (secondary N) is 2. The highest BCUT2D eigenvalue weighted by Crippen LogP contribution is 2.31. The molecule has 0 fully saturated rings. The first kappa shape index (κ1) is 13.2. The number of urea groups is 1. The van der Waals surface area contributed by atoms with Crippen LogP contribution in [0, 0.1) is 0 Å². The molecule has 7 heteroatoms. The van der Waals surface area contributed by atoms with Crippen molar-refractivity contribution in [1.82, 2.24) is 10.6 Å². The highest BCUT2D eigenvalue weighted by atomic mass is 16.5. The van der Waals surface area contributed by atoms with Crippen molar-refractivity contribution in [3.8, 4) is 5.75 Å². The van der Waals surface area contributed by atoms with Crippen LogP contribution in [-0.2, 0) is 4.79 Å². The number of ether oxygens (including phenoxy) is 1. The summed E-state index contributed by atoms with van der Waals surface area (Å²) < 4.78 is 5.39. The van der Waals surface area contributed by atoms with Crippen LogP contribution in [0.3, 0.4) is 0 Å². The Hall–Kier alpha value is -2.28. The Morgan fingerprint density at radius 3 is 2.89 bits per heavy atom. The maximum absolute atomic E-state index is 11.6. The molecule has 4 N–H and O–H groups in total. The first-order chi connectivity index (χ1) is 9.08. The molecule has 2 rings (SSSR count). The smallest absolute Gasteiger partial charge is 0.334 e. The van der Waals surface area contributed by atoms with E-state index in [4.69, 9.17) is 14.9 Å². The number of carbonyl (C=O) groups is 2. The van der Waals surface area contributed by atoms with Gasteiger partial charge in [-0.25, -0.2) is 9.59 Å². The van der Waals surface area contributed by atoms with Crippen molar-refractivity contribution >= 4 is 12.0 Å². The third kappa shape index (κ3) is 3.14. The first-order valence-corrected chi connectivity index (χ1v) is 5.75. The molecule has 0 saturated heterocycles. The zero-order valence-electron chi connectivity index (χ0n) is 10.00. The molecular formula is C12H14N2O5. The Kier molecular flexibility index (Phi) is 3.86. The molecule has 1 heterocycles. The van der Waals surface area contributed by atoms with Gasteiger partial charge in [0.25, 0.3) is 0 Å². The number of benzene rings is 1. The van der Waals surface area contributed by atoms with Gasteiger partial charge in [0.15, 0.2) is 6.10 Å². The van der Waals surface area contributed by atoms with Gasteiger partial charge >= 0.3 is 12.0 Å². The van der Waals surface area contributed by atoms with Crippen molar-refractivity contribution in [2.24, 2.45) is 0 Å². The molecule has 1 aliphatic heterocycles. The van der Waals surface area contributed by atoms with Crippen molar-refractivity contribution in [2.45, 2.75) is 12.1 Å². The minimum atomic E-state index is -1.61. The predicted molar refractivity (Wildman–Crippen MR) is 64.9 cm³/mol. The lowest BCUT2D eigenvalue weighted by atomic mass is 10.1. The van der Waals surface area contributed by atoms with Crippen molar-refractivity contribution in [1.29, 1.82) is 0 Å². The highest BCUT2D eigenvalue weighted by Gasteiger charge is 2.25. The first-order valence-electron chi connectivity index (χ1n) is 5.75. The van der Waals surface area contributed by atoms with Crippen LogP contribution in [0.2, 0.25) is 0 Å². The van der Waals surface area contributed by atoms with Crippen LogP contribution >= 0.6 is 0 Å². The fraction of sp³-hybridized carbons (Fsp3) is 0.333. The third-order valence-electron chi connectivity index (χ3n) is 2.75. The quantitative estimate of drug-likeness (QED) is 0.607. The van der Waals surface area contributed by atoms with Gasteiger partial charge < -0.3 is 25.6 Å². The second-order valence-corrected chi connectivity index (χ2v) is 4.11. The summed E-state index contributed by atoms with van der Waals surface area (Å²) in [5.74, 6) is -0.659. The number of carboxylic acids is 1. The Labute approximate surface area is 109 Å². The predicted octanol–water partition coefficient (Wildman–Crippen LogP) is -0.135. The van der Waals surface area contributed by atoms with Crippen LogP contribution in [0.15, 0.2) is 24.3 Å². The van der Waals surface area contributed by atoms with Gasteiger partial charge in [-0.1, -0.05) is 18.2 Å². The monoisotopic (exact) mass is 266 g/mol. The Balaban J connectivity index is 1.86. The molecule has 2 unspecified atom stereocenters. The minimum Gasteiger partial charge on any atom is -0.491 e. The van der Waals surface area contributed by atoms with E-state index in [1.807, 2.05) is 24.3 Å². The van der Waals surface area contributed by atoms with E-state index in [2.05, 4.69) is 10.6 Å². The van der Waals surface area contributed by atoms with Crippen molar-refractivity contribution in [3.63, 3.8) is 0 Å². The van der Waals surface area contributed by atoms with E-state index in [-0.39, 0.29) is 12.6 Å². The lowest BCUT2D eigenvalue weighted by molar-refractivity contribution is -0.146. The zero-order chi connectivity index (χ0) is 13.8. The van der Waals surface area contributed by atoms with E-state index in [9.17, 15) is 9.59 Å². The van der Waals surface area contributed by atoms with E-state index in [0.29, 0.717) is 6.61 Å². The van der Waals surface area contributed by atoms with E-state index in [0.717, 1.165) is 11.3 Å². The molecule has 2 amide bonds. The van der Waals surface area contributed by atoms with Crippen LogP contribution in [0.25, 0.3) is 0 Å². The van der Waals surface area contributed by atoms with Crippen LogP contribution in [0.5, 0.6) is 5.75 Å². The van der Waals surface area contributed by atoms with Crippen molar-refractivity contribution < 1.29 is 24.5 Å². The molecule has 0 bridgehead atoms. The molecule has 19 heavy (non-hydrogen) atoms. The summed E-state index contributed by atoms with van der Waals surface area (Å²) in [7, 11) is 0. The molecule has 7 nitrogen and oxygen atoms in total. The summed E-state index contributed by atoms with van der Waals surface area (Å²) in [6, 6.07) is 6.50. The number of carboxylic acid groups (broad SMARTS) is 1. The number of aliphatic carboxylic acids is 1. The summed E-state index contributed by atoms with van der Waals surface area (Å²) in [5, 5.41) is 22.4. The normalized spacial score (nSPS) is 18.1. The number of carbonyl (C=O) groups excluding carboxylic acids is 1. The van der Waals surface area contributed by atoms with Gasteiger partial charge in [0, 0.05) is 5.56 Å². The summed E-state index contributed by atoms with van der Waals surface area (Å²) in [6.07, 6.45) is -1.61. The van der Waals surface area contributed by atoms with Gasteiger partial charge in [0.05, 0.1) is 12.6 Å². The van der Waals surface area contributed by atoms with E-state index in [1.54, 1.807) is 0 Å². The summed E-state index contributed by atoms with van der Waals surface area (Å²) in [4.78, 5) is 21.9. The van der Waals surface area contributed by atoms with Gasteiger partial charge in [-0.2, -0.15) is 0 Å². The molecule has 0 aromatic heterocycles. The largest absolute Gasteiger partial charge is 0.491 e. The molecule has 0 aliphatic carbocycles. The third-order valence-corrected chi connectivity index (χ3v) is 2.75. The molecule has 0 spiro atoms. The number of aliphatic hydroxyl groups excluding tert-OH is 1. The number of amides is 2. The summed E-state index contributed by atoms with van der Waals surface area (Å²) in [5.41, 5.74) is 0.872. The Morgan fingerprint density at radius 2 is 2.16 bits per heavy atom. The SMILES string of the molecule is O=C(NCC(O)C(=O)O)NC1COc2ccccc21. The maximum Gasteiger partial charge on any atom is 0.334 e. The Bertz CT molecular complexity index is 491. The molecular weight excluding hydrogens is 252 g/mol. The average Bonchev–Trinajstić information content (AvgIpc) is 2.79. The van der Waals surface area contributed by atoms with Crippen molar-refractivity contribution in [2.75, 3.05) is 13.2 Å². The van der Waals surface area contributed by atoms with Crippen LogP contribution in [-0.4, -0.2) is 41.5 Å². The number of fused-ring (bicyclic) bond motifs is 1. The van der Waals surface area contributed by atoms with Gasteiger partial charge in [0.2, 0.25) is 0 Å². The highest BCUT2D eigenvalue weighted by molar-refractivity contribution is 5.77. The van der Waals surface area contributed by atoms with Gasteiger partial charge in [-0.05, 0) is 6.07 Å². The lowest BCUT2D eigenvalue weighted by Crippen LogP contribution is -2.43. The fourth-order valence-electron chi connectivity index (χ4n) is 1.77. The lowest BCUT2D eigenvalue weighted by Gasteiger charge is -2.13. The summed E-state index contributed by atoms with van der Waals surface area (Å²) in [6.45, 7) is -0.0232.